The second kappa shape index (κ2) is 7.47. The van der Waals surface area contributed by atoms with Gasteiger partial charge in [-0.2, -0.15) is 0 Å². The van der Waals surface area contributed by atoms with Crippen molar-refractivity contribution in [2.24, 2.45) is 0 Å². The molecule has 0 fully saturated rings. The van der Waals surface area contributed by atoms with E-state index >= 15 is 0 Å². The Balaban J connectivity index is 2.14. The molecular weight excluding hydrogens is 266 g/mol. The summed E-state index contributed by atoms with van der Waals surface area (Å²) in [6, 6.07) is 19.0. The average Bonchev–Trinajstić information content (AvgIpc) is 2.44. The molecule has 2 rings (SSSR count). The van der Waals surface area contributed by atoms with Gasteiger partial charge in [-0.05, 0) is 62.7 Å². The summed E-state index contributed by atoms with van der Waals surface area (Å²) in [5, 5.41) is 0.821. The molecule has 0 aliphatic heterocycles. The number of nitrogens with zero attached hydrogens (tertiary/aromatic N) is 1. The van der Waals surface area contributed by atoms with Crippen LogP contribution in [-0.2, 0) is 6.42 Å². The maximum absolute atomic E-state index is 6.09. The van der Waals surface area contributed by atoms with Crippen LogP contribution in [0.15, 0.2) is 54.6 Å². The van der Waals surface area contributed by atoms with Crippen LogP contribution in [0.25, 0.3) is 0 Å². The number of benzene rings is 2. The van der Waals surface area contributed by atoms with Crippen LogP contribution in [-0.4, -0.2) is 25.5 Å². The van der Waals surface area contributed by atoms with Gasteiger partial charge in [0, 0.05) is 5.02 Å². The predicted molar refractivity (Wildman–Crippen MR) is 87.5 cm³/mol. The predicted octanol–water partition coefficient (Wildman–Crippen LogP) is 4.62. The molecule has 1 nitrogen and oxygen atoms in total. The summed E-state index contributed by atoms with van der Waals surface area (Å²) in [6.07, 6.45) is 2.20. The summed E-state index contributed by atoms with van der Waals surface area (Å²) in [7, 11) is 4.25. The van der Waals surface area contributed by atoms with Gasteiger partial charge in [0.1, 0.15) is 0 Å². The molecule has 1 atom stereocenters. The molecule has 2 aromatic rings. The SMILES string of the molecule is CN(C)CCC(Cc1cccc(Cl)c1)c1ccccc1. The molecular formula is C18H22ClN. The third-order valence-electron chi connectivity index (χ3n) is 3.57. The van der Waals surface area contributed by atoms with Gasteiger partial charge in [0.2, 0.25) is 0 Å². The fourth-order valence-electron chi connectivity index (χ4n) is 2.47. The van der Waals surface area contributed by atoms with Crippen LogP contribution in [0.5, 0.6) is 0 Å². The van der Waals surface area contributed by atoms with E-state index in [1.807, 2.05) is 12.1 Å². The van der Waals surface area contributed by atoms with Gasteiger partial charge in [0.15, 0.2) is 0 Å². The lowest BCUT2D eigenvalue weighted by Crippen LogP contribution is -2.17. The van der Waals surface area contributed by atoms with E-state index in [1.54, 1.807) is 0 Å². The van der Waals surface area contributed by atoms with E-state index in [1.165, 1.54) is 11.1 Å². The first-order chi connectivity index (χ1) is 9.65. The van der Waals surface area contributed by atoms with Gasteiger partial charge in [0.05, 0.1) is 0 Å². The minimum absolute atomic E-state index is 0.539. The minimum atomic E-state index is 0.539. The average molecular weight is 288 g/mol. The fraction of sp³-hybridized carbons (Fsp3) is 0.333. The van der Waals surface area contributed by atoms with Crippen LogP contribution in [0.1, 0.15) is 23.5 Å². The summed E-state index contributed by atoms with van der Waals surface area (Å²) in [6.45, 7) is 1.10. The molecule has 2 heteroatoms. The molecule has 0 radical (unpaired) electrons. The molecule has 0 bridgehead atoms. The first kappa shape index (κ1) is 15.1. The van der Waals surface area contributed by atoms with Crippen LogP contribution in [0.3, 0.4) is 0 Å². The molecule has 2 aromatic carbocycles. The lowest BCUT2D eigenvalue weighted by molar-refractivity contribution is 0.380. The number of hydrogen-bond acceptors (Lipinski definition) is 1. The summed E-state index contributed by atoms with van der Waals surface area (Å²) in [4.78, 5) is 2.24. The molecule has 20 heavy (non-hydrogen) atoms. The lowest BCUT2D eigenvalue weighted by Gasteiger charge is -2.20. The first-order valence-electron chi connectivity index (χ1n) is 7.09. The van der Waals surface area contributed by atoms with Crippen LogP contribution >= 0.6 is 11.6 Å². The quantitative estimate of drug-likeness (QED) is 0.749. The fourth-order valence-corrected chi connectivity index (χ4v) is 2.69. The molecule has 0 saturated heterocycles. The summed E-state index contributed by atoms with van der Waals surface area (Å²) < 4.78 is 0. The topological polar surface area (TPSA) is 3.24 Å². The highest BCUT2D eigenvalue weighted by molar-refractivity contribution is 6.30. The molecule has 0 spiro atoms. The van der Waals surface area contributed by atoms with Crippen molar-refractivity contribution < 1.29 is 0 Å². The van der Waals surface area contributed by atoms with E-state index in [4.69, 9.17) is 11.6 Å². The second-order valence-corrected chi connectivity index (χ2v) is 5.97. The maximum atomic E-state index is 6.09. The molecule has 0 amide bonds. The zero-order valence-corrected chi connectivity index (χ0v) is 13.0. The molecule has 1 unspecified atom stereocenters. The Morgan fingerprint density at radius 3 is 2.40 bits per heavy atom. The van der Waals surface area contributed by atoms with Crippen LogP contribution in [0, 0.1) is 0 Å². The van der Waals surface area contributed by atoms with E-state index < -0.39 is 0 Å². The summed E-state index contributed by atoms with van der Waals surface area (Å²) in [5.41, 5.74) is 2.72. The molecule has 0 saturated carbocycles. The monoisotopic (exact) mass is 287 g/mol. The van der Waals surface area contributed by atoms with Crippen molar-refractivity contribution in [3.05, 3.63) is 70.7 Å². The highest BCUT2D eigenvalue weighted by Gasteiger charge is 2.12. The van der Waals surface area contributed by atoms with E-state index in [0.717, 1.165) is 24.4 Å². The maximum Gasteiger partial charge on any atom is 0.0408 e. The Morgan fingerprint density at radius 2 is 1.75 bits per heavy atom. The van der Waals surface area contributed by atoms with Crippen molar-refractivity contribution >= 4 is 11.6 Å². The molecule has 0 N–H and O–H groups in total. The van der Waals surface area contributed by atoms with Crippen molar-refractivity contribution in [2.45, 2.75) is 18.8 Å². The van der Waals surface area contributed by atoms with E-state index in [9.17, 15) is 0 Å². The number of hydrogen-bond donors (Lipinski definition) is 0. The van der Waals surface area contributed by atoms with E-state index in [-0.39, 0.29) is 0 Å². The lowest BCUT2D eigenvalue weighted by atomic mass is 9.89. The first-order valence-corrected chi connectivity index (χ1v) is 7.47. The van der Waals surface area contributed by atoms with E-state index in [2.05, 4.69) is 61.5 Å². The molecule has 0 aliphatic carbocycles. The third kappa shape index (κ3) is 4.66. The second-order valence-electron chi connectivity index (χ2n) is 5.53. The summed E-state index contributed by atoms with van der Waals surface area (Å²) >= 11 is 6.09. The van der Waals surface area contributed by atoms with Crippen molar-refractivity contribution in [3.8, 4) is 0 Å². The van der Waals surface area contributed by atoms with Gasteiger partial charge in [-0.25, -0.2) is 0 Å². The van der Waals surface area contributed by atoms with Gasteiger partial charge in [-0.15, -0.1) is 0 Å². The van der Waals surface area contributed by atoms with Crippen molar-refractivity contribution in [1.29, 1.82) is 0 Å². The van der Waals surface area contributed by atoms with Crippen LogP contribution in [0.2, 0.25) is 5.02 Å². The Labute approximate surface area is 127 Å². The van der Waals surface area contributed by atoms with Crippen molar-refractivity contribution in [2.75, 3.05) is 20.6 Å². The molecule has 106 valence electrons. The zero-order valence-electron chi connectivity index (χ0n) is 12.2. The van der Waals surface area contributed by atoms with Gasteiger partial charge in [-0.3, -0.25) is 0 Å². The van der Waals surface area contributed by atoms with Crippen LogP contribution in [0.4, 0.5) is 0 Å². The normalized spacial score (nSPS) is 12.6. The highest BCUT2D eigenvalue weighted by atomic mass is 35.5. The van der Waals surface area contributed by atoms with Gasteiger partial charge < -0.3 is 4.90 Å². The van der Waals surface area contributed by atoms with Gasteiger partial charge in [-0.1, -0.05) is 54.1 Å². The zero-order chi connectivity index (χ0) is 14.4. The Morgan fingerprint density at radius 1 is 1.00 bits per heavy atom. The summed E-state index contributed by atoms with van der Waals surface area (Å²) in [5.74, 6) is 0.539. The van der Waals surface area contributed by atoms with Gasteiger partial charge >= 0.3 is 0 Å². The van der Waals surface area contributed by atoms with E-state index in [0.29, 0.717) is 5.92 Å². The highest BCUT2D eigenvalue weighted by Crippen LogP contribution is 2.25. The standard InChI is InChI=1S/C18H22ClN/c1-20(2)12-11-17(16-8-4-3-5-9-16)13-15-7-6-10-18(19)14-15/h3-10,14,17H,11-13H2,1-2H3. The van der Waals surface area contributed by atoms with Crippen molar-refractivity contribution in [1.82, 2.24) is 4.90 Å². The smallest absolute Gasteiger partial charge is 0.0408 e. The van der Waals surface area contributed by atoms with Crippen molar-refractivity contribution in [3.63, 3.8) is 0 Å². The Kier molecular flexibility index (Phi) is 5.63. The molecule has 0 heterocycles. The Bertz CT molecular complexity index is 522. The largest absolute Gasteiger partial charge is 0.309 e. The van der Waals surface area contributed by atoms with Crippen LogP contribution < -0.4 is 0 Å². The van der Waals surface area contributed by atoms with Gasteiger partial charge in [0.25, 0.3) is 0 Å². The third-order valence-corrected chi connectivity index (χ3v) is 3.80. The number of halogens is 1. The molecule has 0 aliphatic rings. The minimum Gasteiger partial charge on any atom is -0.309 e. The Hall–Kier alpha value is -1.31. The number of rotatable bonds is 6. The molecule has 0 aromatic heterocycles.